The van der Waals surface area contributed by atoms with Gasteiger partial charge in [0.15, 0.2) is 11.6 Å². The summed E-state index contributed by atoms with van der Waals surface area (Å²) in [6, 6.07) is 19.6. The number of methoxy groups -OCH3 is 1. The molecular formula is C26H22N2O3S. The molecule has 5 nitrogen and oxygen atoms in total. The minimum absolute atomic E-state index is 0.0994. The number of fused-ring (bicyclic) bond motifs is 1. The Bertz CT molecular complexity index is 1290. The summed E-state index contributed by atoms with van der Waals surface area (Å²) in [4.78, 5) is 30.5. The van der Waals surface area contributed by atoms with Crippen LogP contribution in [0.3, 0.4) is 0 Å². The number of para-hydroxylation sites is 1. The van der Waals surface area contributed by atoms with Crippen LogP contribution in [0, 0.1) is 0 Å². The first-order valence-corrected chi connectivity index (χ1v) is 11.4. The summed E-state index contributed by atoms with van der Waals surface area (Å²) in [7, 11) is 1.68. The van der Waals surface area contributed by atoms with Crippen LogP contribution in [0.4, 0.5) is 0 Å². The largest absolute Gasteiger partial charge is 0.496 e. The first kappa shape index (κ1) is 20.4. The van der Waals surface area contributed by atoms with Crippen LogP contribution in [0.1, 0.15) is 34.4 Å². The zero-order valence-corrected chi connectivity index (χ0v) is 18.5. The van der Waals surface area contributed by atoms with E-state index in [1.807, 2.05) is 47.3 Å². The smallest absolute Gasteiger partial charge is 0.179 e. The summed E-state index contributed by atoms with van der Waals surface area (Å²) in [6.45, 7) is 0. The number of Topliss-reactive ketones (excluding diaryl/α,β-unsaturated/α-hetero) is 2. The number of thiazole rings is 1. The van der Waals surface area contributed by atoms with E-state index in [4.69, 9.17) is 4.74 Å². The van der Waals surface area contributed by atoms with Gasteiger partial charge < -0.3 is 9.30 Å². The molecule has 1 atom stereocenters. The third-order valence-electron chi connectivity index (χ3n) is 5.88. The highest BCUT2D eigenvalue weighted by Crippen LogP contribution is 2.33. The molecule has 0 radical (unpaired) electrons. The van der Waals surface area contributed by atoms with Crippen LogP contribution >= 0.6 is 11.3 Å². The zero-order valence-electron chi connectivity index (χ0n) is 17.7. The van der Waals surface area contributed by atoms with Crippen LogP contribution in [0.2, 0.25) is 0 Å². The number of benzene rings is 2. The van der Waals surface area contributed by atoms with Gasteiger partial charge in [0, 0.05) is 24.4 Å². The lowest BCUT2D eigenvalue weighted by Gasteiger charge is -2.24. The van der Waals surface area contributed by atoms with Crippen LogP contribution in [-0.4, -0.2) is 28.2 Å². The SMILES string of the molecule is COc1ccccc1-c1ccc(-c2cnc(CC(=O)C3CCC(=O)c4cccn43)s2)cc1. The van der Waals surface area contributed by atoms with E-state index in [2.05, 4.69) is 29.2 Å². The molecule has 2 aromatic heterocycles. The van der Waals surface area contributed by atoms with E-state index in [-0.39, 0.29) is 24.0 Å². The van der Waals surface area contributed by atoms with Crippen LogP contribution in [0.15, 0.2) is 73.1 Å². The summed E-state index contributed by atoms with van der Waals surface area (Å²) >= 11 is 1.54. The minimum atomic E-state index is -0.287. The molecule has 6 heteroatoms. The van der Waals surface area contributed by atoms with E-state index in [1.54, 1.807) is 13.2 Å². The molecule has 0 amide bonds. The minimum Gasteiger partial charge on any atom is -0.496 e. The summed E-state index contributed by atoms with van der Waals surface area (Å²) in [5, 5.41) is 0.796. The number of ketones is 2. The normalized spacial score (nSPS) is 15.4. The molecule has 5 rings (SSSR count). The molecule has 4 aromatic rings. The molecule has 0 fully saturated rings. The third-order valence-corrected chi connectivity index (χ3v) is 6.93. The maximum atomic E-state index is 13.0. The summed E-state index contributed by atoms with van der Waals surface area (Å²) in [6.07, 6.45) is 4.91. The number of aromatic nitrogens is 2. The fraction of sp³-hybridized carbons (Fsp3) is 0.192. The van der Waals surface area contributed by atoms with Gasteiger partial charge in [-0.15, -0.1) is 11.3 Å². The monoisotopic (exact) mass is 442 g/mol. The van der Waals surface area contributed by atoms with Gasteiger partial charge in [-0.2, -0.15) is 0 Å². The van der Waals surface area contributed by atoms with E-state index in [0.717, 1.165) is 32.3 Å². The lowest BCUT2D eigenvalue weighted by molar-refractivity contribution is -0.121. The topological polar surface area (TPSA) is 61.2 Å². The van der Waals surface area contributed by atoms with Crippen LogP contribution in [0.25, 0.3) is 21.6 Å². The van der Waals surface area contributed by atoms with E-state index in [9.17, 15) is 9.59 Å². The number of hydrogen-bond acceptors (Lipinski definition) is 5. The van der Waals surface area contributed by atoms with Crippen molar-refractivity contribution in [1.29, 1.82) is 0 Å². The Morgan fingerprint density at radius 1 is 1.09 bits per heavy atom. The van der Waals surface area contributed by atoms with Crippen molar-refractivity contribution in [1.82, 2.24) is 9.55 Å². The van der Waals surface area contributed by atoms with Crippen molar-refractivity contribution >= 4 is 22.9 Å². The molecule has 0 saturated heterocycles. The van der Waals surface area contributed by atoms with E-state index in [1.165, 1.54) is 11.3 Å². The Morgan fingerprint density at radius 2 is 1.88 bits per heavy atom. The van der Waals surface area contributed by atoms with Crippen molar-refractivity contribution < 1.29 is 14.3 Å². The van der Waals surface area contributed by atoms with Gasteiger partial charge in [0.05, 0.1) is 30.1 Å². The predicted octanol–water partition coefficient (Wildman–Crippen LogP) is 5.62. The molecule has 1 unspecified atom stereocenters. The van der Waals surface area contributed by atoms with E-state index in [0.29, 0.717) is 18.5 Å². The summed E-state index contributed by atoms with van der Waals surface area (Å²) < 4.78 is 7.29. The van der Waals surface area contributed by atoms with Gasteiger partial charge in [-0.05, 0) is 35.7 Å². The second-order valence-electron chi connectivity index (χ2n) is 7.82. The fourth-order valence-corrected chi connectivity index (χ4v) is 5.18. The van der Waals surface area contributed by atoms with E-state index < -0.39 is 0 Å². The molecule has 0 aliphatic carbocycles. The van der Waals surface area contributed by atoms with Crippen molar-refractivity contribution in [3.05, 3.63) is 83.8 Å². The number of ether oxygens (including phenoxy) is 1. The van der Waals surface area contributed by atoms with Crippen molar-refractivity contribution in [2.45, 2.75) is 25.3 Å². The molecule has 0 saturated carbocycles. The highest BCUT2D eigenvalue weighted by atomic mass is 32.1. The molecule has 32 heavy (non-hydrogen) atoms. The Hall–Kier alpha value is -3.51. The quantitative estimate of drug-likeness (QED) is 0.389. The fourth-order valence-electron chi connectivity index (χ4n) is 4.24. The third kappa shape index (κ3) is 3.78. The lowest BCUT2D eigenvalue weighted by Crippen LogP contribution is -2.28. The van der Waals surface area contributed by atoms with Gasteiger partial charge in [0.1, 0.15) is 10.8 Å². The van der Waals surface area contributed by atoms with Crippen molar-refractivity contribution in [3.8, 4) is 27.3 Å². The number of carbonyl (C=O) groups excluding carboxylic acids is 2. The number of nitrogens with zero attached hydrogens (tertiary/aromatic N) is 2. The molecule has 0 spiro atoms. The Balaban J connectivity index is 1.32. The summed E-state index contributed by atoms with van der Waals surface area (Å²) in [5.41, 5.74) is 3.83. The van der Waals surface area contributed by atoms with Crippen molar-refractivity contribution in [2.75, 3.05) is 7.11 Å². The van der Waals surface area contributed by atoms with Gasteiger partial charge >= 0.3 is 0 Å². The maximum Gasteiger partial charge on any atom is 0.179 e. The average molecular weight is 443 g/mol. The standard InChI is InChI=1S/C26H22N2O3S/c1-31-24-7-3-2-5-19(24)17-8-10-18(11-9-17)25-16-27-26(32-25)15-23(30)21-12-13-22(29)20-6-4-14-28(20)21/h2-11,14,16,21H,12-13,15H2,1H3. The summed E-state index contributed by atoms with van der Waals surface area (Å²) in [5.74, 6) is 1.05. The van der Waals surface area contributed by atoms with Crippen molar-refractivity contribution in [3.63, 3.8) is 0 Å². The van der Waals surface area contributed by atoms with Crippen LogP contribution in [-0.2, 0) is 11.2 Å². The Kier molecular flexibility index (Phi) is 5.45. The molecule has 0 N–H and O–H groups in total. The van der Waals surface area contributed by atoms with E-state index >= 15 is 0 Å². The van der Waals surface area contributed by atoms with Gasteiger partial charge in [-0.1, -0.05) is 42.5 Å². The van der Waals surface area contributed by atoms with Crippen LogP contribution in [0.5, 0.6) is 5.75 Å². The number of hydrogen-bond donors (Lipinski definition) is 0. The van der Waals surface area contributed by atoms with Crippen molar-refractivity contribution in [2.24, 2.45) is 0 Å². The average Bonchev–Trinajstić information content (AvgIpc) is 3.50. The molecule has 160 valence electrons. The highest BCUT2D eigenvalue weighted by Gasteiger charge is 2.29. The highest BCUT2D eigenvalue weighted by molar-refractivity contribution is 7.15. The zero-order chi connectivity index (χ0) is 22.1. The predicted molar refractivity (Wildman–Crippen MR) is 125 cm³/mol. The first-order chi connectivity index (χ1) is 15.6. The van der Waals surface area contributed by atoms with Gasteiger partial charge in [-0.25, -0.2) is 4.98 Å². The van der Waals surface area contributed by atoms with Gasteiger partial charge in [-0.3, -0.25) is 9.59 Å². The molecule has 0 bridgehead atoms. The van der Waals surface area contributed by atoms with Gasteiger partial charge in [0.25, 0.3) is 0 Å². The lowest BCUT2D eigenvalue weighted by atomic mass is 9.97. The van der Waals surface area contributed by atoms with Crippen LogP contribution < -0.4 is 4.74 Å². The maximum absolute atomic E-state index is 13.0. The molecule has 3 heterocycles. The van der Waals surface area contributed by atoms with Gasteiger partial charge in [0.2, 0.25) is 0 Å². The Labute approximate surface area is 190 Å². The second kappa shape index (κ2) is 8.55. The number of rotatable bonds is 6. The molecular weight excluding hydrogens is 420 g/mol. The molecule has 1 aliphatic rings. The molecule has 1 aliphatic heterocycles. The number of carbonyl (C=O) groups is 2. The second-order valence-corrected chi connectivity index (χ2v) is 8.93. The molecule has 2 aromatic carbocycles. The Morgan fingerprint density at radius 3 is 2.69 bits per heavy atom. The first-order valence-electron chi connectivity index (χ1n) is 10.6.